The molecule has 142 valence electrons. The number of amides is 1. The zero-order valence-electron chi connectivity index (χ0n) is 15.9. The quantitative estimate of drug-likeness (QED) is 0.646. The molecular formula is C21H25N3O2S. The Hall–Kier alpha value is -2.44. The van der Waals surface area contributed by atoms with Crippen LogP contribution in [0.4, 0.5) is 0 Å². The third kappa shape index (κ3) is 5.28. The molecule has 1 amide bonds. The maximum Gasteiger partial charge on any atom is 0.236 e. The maximum atomic E-state index is 12.4. The van der Waals surface area contributed by atoms with Gasteiger partial charge >= 0.3 is 0 Å². The molecule has 6 heteroatoms. The minimum atomic E-state index is -0.0379. The highest BCUT2D eigenvalue weighted by molar-refractivity contribution is 7.13. The molecule has 27 heavy (non-hydrogen) atoms. The number of rotatable bonds is 8. The molecule has 2 aromatic heterocycles. The zero-order chi connectivity index (χ0) is 19.2. The second kappa shape index (κ2) is 8.97. The number of carbonyl (C=O) groups excluding carboxylic acids is 1. The number of benzene rings is 1. The topological polar surface area (TPSA) is 58.4 Å². The van der Waals surface area contributed by atoms with Crippen LogP contribution in [0.3, 0.4) is 0 Å². The van der Waals surface area contributed by atoms with Gasteiger partial charge in [0, 0.05) is 12.6 Å². The Labute approximate surface area is 164 Å². The van der Waals surface area contributed by atoms with Crippen molar-refractivity contribution in [1.29, 1.82) is 0 Å². The largest absolute Gasteiger partial charge is 0.440 e. The molecule has 0 spiro atoms. The van der Waals surface area contributed by atoms with Gasteiger partial charge in [0.25, 0.3) is 0 Å². The number of thiophene rings is 1. The SMILES string of the molecule is Cc1oc(-c2cccs2)nc1CC(=O)NCC(Cc1ccccc1)N(C)C. The third-order valence-electron chi connectivity index (χ3n) is 4.53. The summed E-state index contributed by atoms with van der Waals surface area (Å²) in [6, 6.07) is 14.5. The normalized spacial score (nSPS) is 12.3. The number of nitrogens with one attached hydrogen (secondary N) is 1. The van der Waals surface area contributed by atoms with Crippen LogP contribution >= 0.6 is 11.3 Å². The van der Waals surface area contributed by atoms with Gasteiger partial charge in [-0.1, -0.05) is 36.4 Å². The van der Waals surface area contributed by atoms with Crippen LogP contribution in [0.5, 0.6) is 0 Å². The number of hydrogen-bond acceptors (Lipinski definition) is 5. The van der Waals surface area contributed by atoms with Crippen molar-refractivity contribution >= 4 is 17.2 Å². The highest BCUT2D eigenvalue weighted by atomic mass is 32.1. The molecule has 0 aliphatic heterocycles. The Balaban J connectivity index is 1.57. The summed E-state index contributed by atoms with van der Waals surface area (Å²) in [7, 11) is 4.07. The lowest BCUT2D eigenvalue weighted by molar-refractivity contribution is -0.120. The number of aryl methyl sites for hydroxylation is 1. The molecule has 0 bridgehead atoms. The number of carbonyl (C=O) groups is 1. The molecule has 0 radical (unpaired) electrons. The van der Waals surface area contributed by atoms with Crippen LogP contribution in [0.2, 0.25) is 0 Å². The van der Waals surface area contributed by atoms with Crippen molar-refractivity contribution < 1.29 is 9.21 Å². The molecule has 0 fully saturated rings. The van der Waals surface area contributed by atoms with Gasteiger partial charge in [-0.25, -0.2) is 4.98 Å². The van der Waals surface area contributed by atoms with Crippen molar-refractivity contribution in [2.45, 2.75) is 25.8 Å². The van der Waals surface area contributed by atoms with E-state index in [0.29, 0.717) is 23.9 Å². The van der Waals surface area contributed by atoms with Gasteiger partial charge in [-0.3, -0.25) is 4.79 Å². The van der Waals surface area contributed by atoms with Crippen molar-refractivity contribution in [1.82, 2.24) is 15.2 Å². The van der Waals surface area contributed by atoms with Gasteiger partial charge in [0.15, 0.2) is 0 Å². The van der Waals surface area contributed by atoms with Crippen LogP contribution in [-0.4, -0.2) is 42.5 Å². The predicted octanol–water partition coefficient (Wildman–Crippen LogP) is 3.54. The summed E-state index contributed by atoms with van der Waals surface area (Å²) < 4.78 is 5.71. The molecule has 3 rings (SSSR count). The standard InChI is InChI=1S/C21H25N3O2S/c1-15-18(23-21(26-15)19-10-7-11-27-19)13-20(25)22-14-17(24(2)3)12-16-8-5-4-6-9-16/h4-11,17H,12-14H2,1-3H3,(H,22,25). The van der Waals surface area contributed by atoms with E-state index in [1.54, 1.807) is 11.3 Å². The van der Waals surface area contributed by atoms with Crippen LogP contribution < -0.4 is 5.32 Å². The number of hydrogen-bond donors (Lipinski definition) is 1. The van der Waals surface area contributed by atoms with Gasteiger partial charge in [0.1, 0.15) is 5.76 Å². The van der Waals surface area contributed by atoms with Gasteiger partial charge in [-0.15, -0.1) is 11.3 Å². The average Bonchev–Trinajstić information content (AvgIpc) is 3.30. The van der Waals surface area contributed by atoms with Crippen molar-refractivity contribution in [3.63, 3.8) is 0 Å². The van der Waals surface area contributed by atoms with Gasteiger partial charge in [0.05, 0.1) is 17.0 Å². The second-order valence-electron chi connectivity index (χ2n) is 6.79. The monoisotopic (exact) mass is 383 g/mol. The van der Waals surface area contributed by atoms with E-state index in [2.05, 4.69) is 27.3 Å². The molecule has 0 aliphatic carbocycles. The fourth-order valence-corrected chi connectivity index (χ4v) is 3.52. The van der Waals surface area contributed by atoms with Crippen LogP contribution in [0.25, 0.3) is 10.8 Å². The molecular weight excluding hydrogens is 358 g/mol. The van der Waals surface area contributed by atoms with Crippen molar-refractivity contribution in [3.05, 3.63) is 64.9 Å². The molecule has 0 aliphatic rings. The summed E-state index contributed by atoms with van der Waals surface area (Å²) in [6.45, 7) is 2.44. The molecule has 0 saturated carbocycles. The van der Waals surface area contributed by atoms with E-state index >= 15 is 0 Å². The molecule has 1 N–H and O–H groups in total. The van der Waals surface area contributed by atoms with Gasteiger partial charge in [0.2, 0.25) is 11.8 Å². The first-order valence-corrected chi connectivity index (χ1v) is 9.88. The first kappa shape index (κ1) is 19.3. The average molecular weight is 384 g/mol. The zero-order valence-corrected chi connectivity index (χ0v) is 16.8. The lowest BCUT2D eigenvalue weighted by atomic mass is 10.1. The third-order valence-corrected chi connectivity index (χ3v) is 5.39. The van der Waals surface area contributed by atoms with Gasteiger partial charge in [-0.2, -0.15) is 0 Å². The van der Waals surface area contributed by atoms with Crippen LogP contribution in [-0.2, 0) is 17.6 Å². The maximum absolute atomic E-state index is 12.4. The van der Waals surface area contributed by atoms with E-state index in [4.69, 9.17) is 4.42 Å². The first-order chi connectivity index (χ1) is 13.0. The smallest absolute Gasteiger partial charge is 0.236 e. The summed E-state index contributed by atoms with van der Waals surface area (Å²) in [5.74, 6) is 1.24. The molecule has 3 aromatic rings. The molecule has 2 heterocycles. The summed E-state index contributed by atoms with van der Waals surface area (Å²) in [5.41, 5.74) is 1.96. The summed E-state index contributed by atoms with van der Waals surface area (Å²) in [4.78, 5) is 20.0. The molecule has 0 saturated heterocycles. The van der Waals surface area contributed by atoms with E-state index in [0.717, 1.165) is 11.3 Å². The Morgan fingerprint density at radius 1 is 1.22 bits per heavy atom. The molecule has 1 aromatic carbocycles. The van der Waals surface area contributed by atoms with Crippen molar-refractivity contribution in [2.75, 3.05) is 20.6 Å². The first-order valence-electron chi connectivity index (χ1n) is 9.00. The lowest BCUT2D eigenvalue weighted by Gasteiger charge is -2.24. The van der Waals surface area contributed by atoms with E-state index in [1.165, 1.54) is 5.56 Å². The Bertz CT molecular complexity index is 857. The minimum absolute atomic E-state index is 0.0379. The second-order valence-corrected chi connectivity index (χ2v) is 7.73. The number of oxazole rings is 1. The Morgan fingerprint density at radius 3 is 2.67 bits per heavy atom. The number of aromatic nitrogens is 1. The van der Waals surface area contributed by atoms with Crippen LogP contribution in [0.15, 0.2) is 52.3 Å². The minimum Gasteiger partial charge on any atom is -0.440 e. The highest BCUT2D eigenvalue weighted by Gasteiger charge is 2.17. The Morgan fingerprint density at radius 2 is 2.00 bits per heavy atom. The Kier molecular flexibility index (Phi) is 6.42. The van der Waals surface area contributed by atoms with Crippen LogP contribution in [0, 0.1) is 6.92 Å². The molecule has 1 unspecified atom stereocenters. The van der Waals surface area contributed by atoms with Crippen molar-refractivity contribution in [3.8, 4) is 10.8 Å². The highest BCUT2D eigenvalue weighted by Crippen LogP contribution is 2.26. The van der Waals surface area contributed by atoms with E-state index < -0.39 is 0 Å². The molecule has 5 nitrogen and oxygen atoms in total. The fraction of sp³-hybridized carbons (Fsp3) is 0.333. The lowest BCUT2D eigenvalue weighted by Crippen LogP contribution is -2.42. The van der Waals surface area contributed by atoms with Gasteiger partial charge in [-0.05, 0) is 44.4 Å². The van der Waals surface area contributed by atoms with Gasteiger partial charge < -0.3 is 14.6 Å². The molecule has 1 atom stereocenters. The van der Waals surface area contributed by atoms with E-state index in [1.807, 2.05) is 56.7 Å². The van der Waals surface area contributed by atoms with Crippen LogP contribution in [0.1, 0.15) is 17.0 Å². The number of nitrogens with zero attached hydrogens (tertiary/aromatic N) is 2. The van der Waals surface area contributed by atoms with Crippen molar-refractivity contribution in [2.24, 2.45) is 0 Å². The summed E-state index contributed by atoms with van der Waals surface area (Å²) in [5, 5.41) is 5.03. The fourth-order valence-electron chi connectivity index (χ4n) is 2.87. The van der Waals surface area contributed by atoms with E-state index in [9.17, 15) is 4.79 Å². The summed E-state index contributed by atoms with van der Waals surface area (Å²) >= 11 is 1.57. The summed E-state index contributed by atoms with van der Waals surface area (Å²) in [6.07, 6.45) is 1.12. The number of likely N-dealkylation sites (N-methyl/N-ethyl adjacent to an activating group) is 1. The van der Waals surface area contributed by atoms with E-state index in [-0.39, 0.29) is 18.4 Å². The predicted molar refractivity (Wildman–Crippen MR) is 109 cm³/mol.